The molecule has 1 N–H and O–H groups in total. The molecule has 0 saturated heterocycles. The van der Waals surface area contributed by atoms with Crippen LogP contribution in [0.5, 0.6) is 0 Å². The Hall–Kier alpha value is -3.02. The third-order valence-corrected chi connectivity index (χ3v) is 5.03. The van der Waals surface area contributed by atoms with E-state index in [0.717, 1.165) is 10.9 Å². The van der Waals surface area contributed by atoms with Crippen LogP contribution in [-0.2, 0) is 11.3 Å². The summed E-state index contributed by atoms with van der Waals surface area (Å²) in [4.78, 5) is 25.3. The fraction of sp³-hybridized carbons (Fsp3) is 0.0476. The van der Waals surface area contributed by atoms with Crippen molar-refractivity contribution in [1.82, 2.24) is 4.57 Å². The van der Waals surface area contributed by atoms with E-state index in [1.165, 1.54) is 6.26 Å². The zero-order valence-electron chi connectivity index (χ0n) is 14.5. The van der Waals surface area contributed by atoms with Gasteiger partial charge in [0.25, 0.3) is 0 Å². The number of fused-ring (bicyclic) bond motifs is 1. The lowest BCUT2D eigenvalue weighted by Crippen LogP contribution is -2.18. The van der Waals surface area contributed by atoms with Gasteiger partial charge in [0.2, 0.25) is 11.7 Å². The Kier molecular flexibility index (Phi) is 4.94. The SMILES string of the molecule is O=C(Cn1cc(C(=O)c2ccco2)c2ccccc21)Nc1ccc(Cl)c(Cl)c1. The second-order valence-electron chi connectivity index (χ2n) is 6.17. The largest absolute Gasteiger partial charge is 0.461 e. The second-order valence-corrected chi connectivity index (χ2v) is 6.99. The standard InChI is InChI=1S/C21H14Cl2N2O3/c22-16-8-7-13(10-17(16)23)24-20(26)12-25-11-15(14-4-1-2-5-18(14)25)21(27)19-6-3-9-28-19/h1-11H,12H2,(H,24,26). The van der Waals surface area contributed by atoms with E-state index in [9.17, 15) is 9.59 Å². The predicted octanol–water partition coefficient (Wildman–Crippen LogP) is 5.41. The topological polar surface area (TPSA) is 64.2 Å². The van der Waals surface area contributed by atoms with Gasteiger partial charge in [-0.1, -0.05) is 41.4 Å². The number of rotatable bonds is 5. The summed E-state index contributed by atoms with van der Waals surface area (Å²) in [6, 6.07) is 15.6. The first-order chi connectivity index (χ1) is 13.5. The second kappa shape index (κ2) is 7.54. The van der Waals surface area contributed by atoms with Gasteiger partial charge in [-0.15, -0.1) is 0 Å². The van der Waals surface area contributed by atoms with Gasteiger partial charge in [0.05, 0.1) is 21.9 Å². The first-order valence-electron chi connectivity index (χ1n) is 8.44. The third kappa shape index (κ3) is 3.54. The number of aromatic nitrogens is 1. The summed E-state index contributed by atoms with van der Waals surface area (Å²) in [5.74, 6) is -0.232. The molecule has 0 unspecified atom stereocenters. The quantitative estimate of drug-likeness (QED) is 0.445. The number of benzene rings is 2. The molecule has 0 radical (unpaired) electrons. The highest BCUT2D eigenvalue weighted by Gasteiger charge is 2.19. The van der Waals surface area contributed by atoms with Crippen molar-refractivity contribution in [2.45, 2.75) is 6.54 Å². The number of para-hydroxylation sites is 1. The number of halogens is 2. The van der Waals surface area contributed by atoms with Crippen LogP contribution >= 0.6 is 23.2 Å². The Morgan fingerprint density at radius 1 is 1.00 bits per heavy atom. The molecule has 0 spiro atoms. The molecule has 0 aliphatic carbocycles. The van der Waals surface area contributed by atoms with E-state index < -0.39 is 0 Å². The Morgan fingerprint density at radius 2 is 1.82 bits per heavy atom. The summed E-state index contributed by atoms with van der Waals surface area (Å²) in [6.07, 6.45) is 3.13. The molecule has 4 rings (SSSR count). The lowest BCUT2D eigenvalue weighted by Gasteiger charge is -2.08. The van der Waals surface area contributed by atoms with Crippen LogP contribution in [0.2, 0.25) is 10.0 Å². The van der Waals surface area contributed by atoms with E-state index >= 15 is 0 Å². The number of carbonyl (C=O) groups excluding carboxylic acids is 2. The van der Waals surface area contributed by atoms with E-state index in [2.05, 4.69) is 5.32 Å². The van der Waals surface area contributed by atoms with Gasteiger partial charge in [0, 0.05) is 22.8 Å². The number of nitrogens with zero attached hydrogens (tertiary/aromatic N) is 1. The Bertz CT molecular complexity index is 1180. The van der Waals surface area contributed by atoms with Gasteiger partial charge in [-0.2, -0.15) is 0 Å². The summed E-state index contributed by atoms with van der Waals surface area (Å²) < 4.78 is 6.96. The molecule has 2 aromatic carbocycles. The molecule has 4 aromatic rings. The van der Waals surface area contributed by atoms with E-state index in [-0.39, 0.29) is 24.0 Å². The van der Waals surface area contributed by atoms with Crippen molar-refractivity contribution in [3.05, 3.63) is 88.4 Å². The van der Waals surface area contributed by atoms with Crippen LogP contribution in [0.15, 0.2) is 71.5 Å². The van der Waals surface area contributed by atoms with Crippen LogP contribution in [0, 0.1) is 0 Å². The zero-order chi connectivity index (χ0) is 19.7. The van der Waals surface area contributed by atoms with Crippen molar-refractivity contribution in [1.29, 1.82) is 0 Å². The lowest BCUT2D eigenvalue weighted by molar-refractivity contribution is -0.116. The highest BCUT2D eigenvalue weighted by molar-refractivity contribution is 6.42. The molecule has 0 aliphatic heterocycles. The number of furan rings is 1. The van der Waals surface area contributed by atoms with Crippen LogP contribution in [0.25, 0.3) is 10.9 Å². The van der Waals surface area contributed by atoms with Crippen LogP contribution in [-0.4, -0.2) is 16.3 Å². The summed E-state index contributed by atoms with van der Waals surface area (Å²) in [6.45, 7) is 0.0339. The molecule has 0 saturated carbocycles. The van der Waals surface area contributed by atoms with Crippen molar-refractivity contribution in [2.24, 2.45) is 0 Å². The maximum absolute atomic E-state index is 12.7. The Morgan fingerprint density at radius 3 is 2.57 bits per heavy atom. The van der Waals surface area contributed by atoms with Crippen molar-refractivity contribution >= 4 is 51.5 Å². The fourth-order valence-corrected chi connectivity index (χ4v) is 3.33. The average molecular weight is 413 g/mol. The summed E-state index contributed by atoms with van der Waals surface area (Å²) in [7, 11) is 0. The van der Waals surface area contributed by atoms with Crippen LogP contribution in [0.4, 0.5) is 5.69 Å². The minimum Gasteiger partial charge on any atom is -0.461 e. The first kappa shape index (κ1) is 18.3. The molecule has 5 nitrogen and oxygen atoms in total. The predicted molar refractivity (Wildman–Crippen MR) is 109 cm³/mol. The molecule has 140 valence electrons. The lowest BCUT2D eigenvalue weighted by atomic mass is 10.1. The minimum absolute atomic E-state index is 0.0339. The molecule has 0 bridgehead atoms. The normalized spacial score (nSPS) is 10.9. The number of amides is 1. The van der Waals surface area contributed by atoms with Gasteiger partial charge in [0.1, 0.15) is 6.54 Å². The van der Waals surface area contributed by atoms with Crippen molar-refractivity contribution < 1.29 is 14.0 Å². The molecule has 28 heavy (non-hydrogen) atoms. The summed E-state index contributed by atoms with van der Waals surface area (Å²) in [5, 5.41) is 4.31. The van der Waals surface area contributed by atoms with E-state index in [0.29, 0.717) is 21.3 Å². The minimum atomic E-state index is -0.254. The van der Waals surface area contributed by atoms with Crippen molar-refractivity contribution in [2.75, 3.05) is 5.32 Å². The smallest absolute Gasteiger partial charge is 0.244 e. The number of hydrogen-bond acceptors (Lipinski definition) is 3. The van der Waals surface area contributed by atoms with E-state index in [1.54, 1.807) is 41.1 Å². The number of ketones is 1. The number of anilines is 1. The van der Waals surface area contributed by atoms with Crippen LogP contribution in [0.3, 0.4) is 0 Å². The Labute approximate surface area is 170 Å². The maximum atomic E-state index is 12.7. The molecule has 0 fully saturated rings. The summed E-state index contributed by atoms with van der Waals surface area (Å²) >= 11 is 11.9. The highest BCUT2D eigenvalue weighted by Crippen LogP contribution is 2.26. The number of carbonyl (C=O) groups is 2. The fourth-order valence-electron chi connectivity index (χ4n) is 3.03. The summed E-state index contributed by atoms with van der Waals surface area (Å²) in [5.41, 5.74) is 1.80. The Balaban J connectivity index is 1.62. The van der Waals surface area contributed by atoms with E-state index in [1.807, 2.05) is 24.3 Å². The van der Waals surface area contributed by atoms with Crippen molar-refractivity contribution in [3.8, 4) is 0 Å². The molecule has 7 heteroatoms. The van der Waals surface area contributed by atoms with Gasteiger partial charge >= 0.3 is 0 Å². The van der Waals surface area contributed by atoms with Gasteiger partial charge in [-0.05, 0) is 36.4 Å². The average Bonchev–Trinajstić information content (AvgIpc) is 3.33. The molecular formula is C21H14Cl2N2O3. The number of nitrogens with one attached hydrogen (secondary N) is 1. The van der Waals surface area contributed by atoms with E-state index in [4.69, 9.17) is 27.6 Å². The van der Waals surface area contributed by atoms with Gasteiger partial charge < -0.3 is 14.3 Å². The molecule has 2 aromatic heterocycles. The highest BCUT2D eigenvalue weighted by atomic mass is 35.5. The van der Waals surface area contributed by atoms with Crippen molar-refractivity contribution in [3.63, 3.8) is 0 Å². The number of hydrogen-bond donors (Lipinski definition) is 1. The molecule has 0 atom stereocenters. The maximum Gasteiger partial charge on any atom is 0.244 e. The van der Waals surface area contributed by atoms with Gasteiger partial charge in [-0.3, -0.25) is 9.59 Å². The first-order valence-corrected chi connectivity index (χ1v) is 9.19. The molecule has 1 amide bonds. The van der Waals surface area contributed by atoms with Gasteiger partial charge in [0.15, 0.2) is 5.76 Å². The molecular weight excluding hydrogens is 399 g/mol. The van der Waals surface area contributed by atoms with Gasteiger partial charge in [-0.25, -0.2) is 0 Å². The monoisotopic (exact) mass is 412 g/mol. The third-order valence-electron chi connectivity index (χ3n) is 4.30. The zero-order valence-corrected chi connectivity index (χ0v) is 16.0. The molecule has 0 aliphatic rings. The molecule has 2 heterocycles. The van der Waals surface area contributed by atoms with Crippen LogP contribution < -0.4 is 5.32 Å². The van der Waals surface area contributed by atoms with Crippen LogP contribution in [0.1, 0.15) is 16.1 Å².